The molecule has 1 aromatic carbocycles. The first kappa shape index (κ1) is 23.7. The number of carbonyl (C=O) groups is 1. The molecule has 1 N–H and O–H groups in total. The van der Waals surface area contributed by atoms with Gasteiger partial charge in [0.05, 0.1) is 5.60 Å². The van der Waals surface area contributed by atoms with E-state index in [0.717, 1.165) is 23.5 Å². The number of rotatable bonds is 6. The van der Waals surface area contributed by atoms with E-state index in [4.69, 9.17) is 9.47 Å². The zero-order valence-corrected chi connectivity index (χ0v) is 19.8. The molecule has 29 heavy (non-hydrogen) atoms. The van der Waals surface area contributed by atoms with Crippen molar-refractivity contribution >= 4 is 11.6 Å². The Hall–Kier alpha value is -1.59. The molecule has 0 fully saturated rings. The second-order valence-corrected chi connectivity index (χ2v) is 10.9. The summed E-state index contributed by atoms with van der Waals surface area (Å²) in [6.07, 6.45) is 1.12. The van der Waals surface area contributed by atoms with E-state index in [1.54, 1.807) is 0 Å². The summed E-state index contributed by atoms with van der Waals surface area (Å²) in [6.45, 7) is 20.9. The molecule has 5 heteroatoms. The van der Waals surface area contributed by atoms with E-state index in [1.165, 1.54) is 0 Å². The fourth-order valence-electron chi connectivity index (χ4n) is 4.09. The molecule has 0 saturated heterocycles. The van der Waals surface area contributed by atoms with E-state index in [2.05, 4.69) is 72.5 Å². The van der Waals surface area contributed by atoms with Crippen molar-refractivity contribution in [3.63, 3.8) is 0 Å². The van der Waals surface area contributed by atoms with E-state index in [-0.39, 0.29) is 28.7 Å². The van der Waals surface area contributed by atoms with Crippen LogP contribution in [0.15, 0.2) is 18.2 Å². The molecule has 1 heterocycles. The van der Waals surface area contributed by atoms with Gasteiger partial charge in [-0.1, -0.05) is 6.07 Å². The molecule has 0 unspecified atom stereocenters. The highest BCUT2D eigenvalue weighted by atomic mass is 16.5. The summed E-state index contributed by atoms with van der Waals surface area (Å²) in [4.78, 5) is 14.2. The quantitative estimate of drug-likeness (QED) is 0.722. The molecule has 1 amide bonds. The zero-order valence-electron chi connectivity index (χ0n) is 19.8. The van der Waals surface area contributed by atoms with Crippen LogP contribution in [0.3, 0.4) is 0 Å². The maximum atomic E-state index is 11.7. The number of nitrogens with zero attached hydrogens (tertiary/aromatic N) is 1. The van der Waals surface area contributed by atoms with Crippen LogP contribution in [0.2, 0.25) is 0 Å². The van der Waals surface area contributed by atoms with Crippen LogP contribution in [-0.2, 0) is 16.0 Å². The summed E-state index contributed by atoms with van der Waals surface area (Å²) in [5.74, 6) is 0.901. The predicted molar refractivity (Wildman–Crippen MR) is 120 cm³/mol. The fourth-order valence-corrected chi connectivity index (χ4v) is 4.09. The number of carbonyl (C=O) groups excluding carboxylic acids is 1. The maximum Gasteiger partial charge on any atom is 0.224 e. The van der Waals surface area contributed by atoms with Crippen LogP contribution in [0.1, 0.15) is 74.3 Å². The van der Waals surface area contributed by atoms with Crippen LogP contribution in [0.25, 0.3) is 0 Å². The van der Waals surface area contributed by atoms with Gasteiger partial charge in [0.25, 0.3) is 0 Å². The normalized spacial score (nSPS) is 16.4. The number of benzene rings is 1. The summed E-state index contributed by atoms with van der Waals surface area (Å²) >= 11 is 0. The molecule has 1 atom stereocenters. The van der Waals surface area contributed by atoms with E-state index in [1.807, 2.05) is 18.2 Å². The highest BCUT2D eigenvalue weighted by Crippen LogP contribution is 2.32. The molecule has 0 aromatic heterocycles. The molecule has 0 spiro atoms. The third kappa shape index (κ3) is 7.00. The molecule has 0 bridgehead atoms. The van der Waals surface area contributed by atoms with E-state index < -0.39 is 0 Å². The molecule has 1 aromatic rings. The Morgan fingerprint density at radius 1 is 1.00 bits per heavy atom. The van der Waals surface area contributed by atoms with Gasteiger partial charge in [0.1, 0.15) is 18.5 Å². The van der Waals surface area contributed by atoms with Crippen LogP contribution < -0.4 is 10.1 Å². The minimum atomic E-state index is -0.264. The Balaban J connectivity index is 2.20. The monoisotopic (exact) mass is 404 g/mol. The van der Waals surface area contributed by atoms with Gasteiger partial charge >= 0.3 is 0 Å². The van der Waals surface area contributed by atoms with Gasteiger partial charge in [-0.25, -0.2) is 0 Å². The average Bonchev–Trinajstić information content (AvgIpc) is 2.53. The molecule has 2 rings (SSSR count). The maximum absolute atomic E-state index is 11.7. The minimum absolute atomic E-state index is 0.00787. The molecule has 1 aliphatic rings. The lowest BCUT2D eigenvalue weighted by molar-refractivity contribution is -0.116. The topological polar surface area (TPSA) is 50.8 Å². The summed E-state index contributed by atoms with van der Waals surface area (Å²) in [7, 11) is 0. The molecular weight excluding hydrogens is 364 g/mol. The van der Waals surface area contributed by atoms with Crippen LogP contribution >= 0.6 is 0 Å². The highest BCUT2D eigenvalue weighted by molar-refractivity contribution is 5.94. The Bertz CT molecular complexity index is 694. The Kier molecular flexibility index (Phi) is 7.06. The number of anilines is 1. The Labute approximate surface area is 177 Å². The van der Waals surface area contributed by atoms with Gasteiger partial charge < -0.3 is 14.8 Å². The number of nitrogens with one attached hydrogen (secondary N) is 1. The van der Waals surface area contributed by atoms with Gasteiger partial charge in [-0.15, -0.1) is 0 Å². The zero-order chi connectivity index (χ0) is 22.0. The van der Waals surface area contributed by atoms with Crippen molar-refractivity contribution < 1.29 is 14.3 Å². The van der Waals surface area contributed by atoms with Crippen molar-refractivity contribution in [2.45, 2.75) is 97.9 Å². The minimum Gasteiger partial charge on any atom is -0.490 e. The van der Waals surface area contributed by atoms with E-state index in [0.29, 0.717) is 19.4 Å². The van der Waals surface area contributed by atoms with Crippen LogP contribution in [-0.4, -0.2) is 46.7 Å². The van der Waals surface area contributed by atoms with Gasteiger partial charge in [0.15, 0.2) is 0 Å². The lowest BCUT2D eigenvalue weighted by atomic mass is 9.95. The van der Waals surface area contributed by atoms with Crippen molar-refractivity contribution in [1.29, 1.82) is 0 Å². The number of hydrogen-bond acceptors (Lipinski definition) is 4. The molecular formula is C24H40N2O3. The molecule has 0 saturated carbocycles. The van der Waals surface area contributed by atoms with Crippen molar-refractivity contribution in [3.8, 4) is 5.75 Å². The van der Waals surface area contributed by atoms with Crippen LogP contribution in [0.4, 0.5) is 5.69 Å². The Morgan fingerprint density at radius 3 is 2.17 bits per heavy atom. The first-order chi connectivity index (χ1) is 13.2. The highest BCUT2D eigenvalue weighted by Gasteiger charge is 2.35. The number of hydrogen-bond donors (Lipinski definition) is 1. The second-order valence-electron chi connectivity index (χ2n) is 10.9. The van der Waals surface area contributed by atoms with Gasteiger partial charge in [-0.3, -0.25) is 9.69 Å². The standard InChI is InChI=1S/C24H40N2O3/c1-22(2,3)26(23(4,5)6)15-17(29-24(7,8)9)16-28-20-12-10-11-19-18(20)13-14-21(27)25-19/h10-12,17H,13-16H2,1-9H3,(H,25,27)/t17-/m0/s1. The summed E-state index contributed by atoms with van der Waals surface area (Å²) in [6, 6.07) is 5.84. The van der Waals surface area contributed by atoms with Crippen molar-refractivity contribution in [2.75, 3.05) is 18.5 Å². The summed E-state index contributed by atoms with van der Waals surface area (Å²) < 4.78 is 12.7. The number of ether oxygens (including phenoxy) is 2. The lowest BCUT2D eigenvalue weighted by Gasteiger charge is -2.47. The number of fused-ring (bicyclic) bond motifs is 1. The third-order valence-corrected chi connectivity index (χ3v) is 4.96. The summed E-state index contributed by atoms with van der Waals surface area (Å²) in [5.41, 5.74) is 1.68. The van der Waals surface area contributed by atoms with Gasteiger partial charge in [-0.2, -0.15) is 0 Å². The number of amides is 1. The molecule has 1 aliphatic heterocycles. The predicted octanol–water partition coefficient (Wildman–Crippen LogP) is 5.03. The SMILES string of the molecule is CC(C)(C)O[C@H](COc1cccc2c1CCC(=O)N2)CN(C(C)(C)C)C(C)(C)C. The first-order valence-electron chi connectivity index (χ1n) is 10.7. The van der Waals surface area contributed by atoms with Crippen molar-refractivity contribution in [3.05, 3.63) is 23.8 Å². The van der Waals surface area contributed by atoms with Gasteiger partial charge in [0.2, 0.25) is 5.91 Å². The molecule has 5 nitrogen and oxygen atoms in total. The largest absolute Gasteiger partial charge is 0.490 e. The molecule has 164 valence electrons. The van der Waals surface area contributed by atoms with Gasteiger partial charge in [0, 0.05) is 35.3 Å². The first-order valence-corrected chi connectivity index (χ1v) is 10.7. The molecule has 0 radical (unpaired) electrons. The fraction of sp³-hybridized carbons (Fsp3) is 0.708. The smallest absolute Gasteiger partial charge is 0.224 e. The average molecular weight is 405 g/mol. The van der Waals surface area contributed by atoms with Gasteiger partial charge in [-0.05, 0) is 80.9 Å². The lowest BCUT2D eigenvalue weighted by Crippen LogP contribution is -2.56. The van der Waals surface area contributed by atoms with Crippen molar-refractivity contribution in [2.24, 2.45) is 0 Å². The van der Waals surface area contributed by atoms with Crippen molar-refractivity contribution in [1.82, 2.24) is 4.90 Å². The van der Waals surface area contributed by atoms with E-state index >= 15 is 0 Å². The second kappa shape index (κ2) is 8.65. The van der Waals surface area contributed by atoms with E-state index in [9.17, 15) is 4.79 Å². The van der Waals surface area contributed by atoms with Crippen LogP contribution in [0, 0.1) is 0 Å². The third-order valence-electron chi connectivity index (χ3n) is 4.96. The summed E-state index contributed by atoms with van der Waals surface area (Å²) in [5, 5.41) is 2.94. The molecule has 0 aliphatic carbocycles. The van der Waals surface area contributed by atoms with Crippen LogP contribution in [0.5, 0.6) is 5.75 Å². The Morgan fingerprint density at radius 2 is 1.62 bits per heavy atom.